The Bertz CT molecular complexity index is 1350. The van der Waals surface area contributed by atoms with Gasteiger partial charge in [-0.1, -0.05) is 56.3 Å². The molecule has 0 saturated heterocycles. The lowest BCUT2D eigenvalue weighted by Gasteiger charge is -2.33. The van der Waals surface area contributed by atoms with Crippen LogP contribution in [0.15, 0.2) is 78.9 Å². The van der Waals surface area contributed by atoms with E-state index in [1.165, 1.54) is 41.3 Å². The van der Waals surface area contributed by atoms with E-state index in [0.717, 1.165) is 28.3 Å². The third-order valence-corrected chi connectivity index (χ3v) is 7.16. The molecule has 1 N–H and O–H groups in total. The highest BCUT2D eigenvalue weighted by molar-refractivity contribution is 7.92. The second kappa shape index (κ2) is 13.3. The second-order valence-electron chi connectivity index (χ2n) is 9.74. The number of nitrogens with zero attached hydrogens (tertiary/aromatic N) is 2. The number of hydrogen-bond acceptors (Lipinski definition) is 4. The average Bonchev–Trinajstić information content (AvgIpc) is 2.89. The van der Waals surface area contributed by atoms with Gasteiger partial charge in [-0.15, -0.1) is 0 Å². The van der Waals surface area contributed by atoms with Crippen LogP contribution in [0.5, 0.6) is 0 Å². The first-order chi connectivity index (χ1) is 18.4. The Hall–Kier alpha value is -3.79. The van der Waals surface area contributed by atoms with Crippen LogP contribution in [0.3, 0.4) is 0 Å². The van der Waals surface area contributed by atoms with Crippen LogP contribution in [0.4, 0.5) is 14.5 Å². The summed E-state index contributed by atoms with van der Waals surface area (Å²) in [6, 6.07) is 18.4. The average molecular weight is 558 g/mol. The van der Waals surface area contributed by atoms with Crippen LogP contribution in [0, 0.1) is 17.6 Å². The van der Waals surface area contributed by atoms with E-state index in [4.69, 9.17) is 0 Å². The molecular formula is C29H33F2N3O4S. The number of anilines is 1. The van der Waals surface area contributed by atoms with E-state index >= 15 is 0 Å². The lowest BCUT2D eigenvalue weighted by Crippen LogP contribution is -2.53. The summed E-state index contributed by atoms with van der Waals surface area (Å²) in [6.45, 7) is 3.59. The van der Waals surface area contributed by atoms with Gasteiger partial charge in [0.05, 0.1) is 11.9 Å². The van der Waals surface area contributed by atoms with Crippen LogP contribution in [-0.2, 0) is 32.6 Å². The minimum atomic E-state index is -3.95. The molecule has 0 radical (unpaired) electrons. The highest BCUT2D eigenvalue weighted by Crippen LogP contribution is 2.21. The van der Waals surface area contributed by atoms with Crippen LogP contribution >= 0.6 is 0 Å². The zero-order chi connectivity index (χ0) is 28.6. The van der Waals surface area contributed by atoms with Gasteiger partial charge in [0.1, 0.15) is 24.2 Å². The van der Waals surface area contributed by atoms with Crippen molar-refractivity contribution in [1.82, 2.24) is 10.2 Å². The van der Waals surface area contributed by atoms with E-state index in [0.29, 0.717) is 12.1 Å². The van der Waals surface area contributed by atoms with E-state index in [9.17, 15) is 26.8 Å². The van der Waals surface area contributed by atoms with Gasteiger partial charge in [-0.3, -0.25) is 13.9 Å². The van der Waals surface area contributed by atoms with Gasteiger partial charge in [-0.25, -0.2) is 17.2 Å². The second-order valence-corrected chi connectivity index (χ2v) is 11.6. The molecule has 0 saturated carbocycles. The highest BCUT2D eigenvalue weighted by Gasteiger charge is 2.33. The van der Waals surface area contributed by atoms with Gasteiger partial charge in [0.2, 0.25) is 21.8 Å². The quantitative estimate of drug-likeness (QED) is 0.363. The van der Waals surface area contributed by atoms with E-state index in [2.05, 4.69) is 5.32 Å². The molecule has 39 heavy (non-hydrogen) atoms. The largest absolute Gasteiger partial charge is 0.354 e. The molecule has 0 unspecified atom stereocenters. The molecule has 0 aliphatic rings. The minimum absolute atomic E-state index is 0.0628. The minimum Gasteiger partial charge on any atom is -0.354 e. The Kier molecular flexibility index (Phi) is 10.2. The normalized spacial score (nSPS) is 12.2. The van der Waals surface area contributed by atoms with Crippen molar-refractivity contribution in [3.8, 4) is 0 Å². The number of nitrogens with one attached hydrogen (secondary N) is 1. The zero-order valence-electron chi connectivity index (χ0n) is 22.2. The Labute approximate surface area is 228 Å². The SMILES string of the molecule is CC(C)CNC(=O)[C@@H](Cc1ccccc1)N(Cc1ccc(F)cc1)C(=O)CN(c1ccc(F)cc1)S(C)(=O)=O. The van der Waals surface area contributed by atoms with E-state index < -0.39 is 46.1 Å². The van der Waals surface area contributed by atoms with Crippen molar-refractivity contribution in [2.75, 3.05) is 23.7 Å². The first-order valence-corrected chi connectivity index (χ1v) is 14.4. The molecule has 0 aliphatic carbocycles. The maximum Gasteiger partial charge on any atom is 0.244 e. The number of carbonyl (C=O) groups excluding carboxylic acids is 2. The number of rotatable bonds is 12. The van der Waals surface area contributed by atoms with Crippen LogP contribution in [0.25, 0.3) is 0 Å². The highest BCUT2D eigenvalue weighted by atomic mass is 32.2. The van der Waals surface area contributed by atoms with Gasteiger partial charge in [0.25, 0.3) is 0 Å². The van der Waals surface area contributed by atoms with Gasteiger partial charge in [0, 0.05) is 19.5 Å². The molecule has 0 heterocycles. The third kappa shape index (κ3) is 8.88. The number of hydrogen-bond donors (Lipinski definition) is 1. The standard InChI is InChI=1S/C29H33F2N3O4S/c1-21(2)18-32-29(36)27(17-22-7-5-4-6-8-22)33(19-23-9-11-24(30)12-10-23)28(35)20-34(39(3,37)38)26-15-13-25(31)14-16-26/h4-16,21,27H,17-20H2,1-3H3,(H,32,36)/t27-/m1/s1. The van der Waals surface area contributed by atoms with Gasteiger partial charge in [-0.2, -0.15) is 0 Å². The van der Waals surface area contributed by atoms with Crippen molar-refractivity contribution >= 4 is 27.5 Å². The Balaban J connectivity index is 2.03. The van der Waals surface area contributed by atoms with Crippen LogP contribution in [0.1, 0.15) is 25.0 Å². The van der Waals surface area contributed by atoms with Gasteiger partial charge in [0.15, 0.2) is 0 Å². The fourth-order valence-corrected chi connectivity index (χ4v) is 4.83. The molecule has 2 amide bonds. The molecule has 0 spiro atoms. The molecule has 208 valence electrons. The molecule has 0 bridgehead atoms. The van der Waals surface area contributed by atoms with Crippen molar-refractivity contribution in [2.24, 2.45) is 5.92 Å². The maximum atomic E-state index is 13.9. The molecular weight excluding hydrogens is 524 g/mol. The zero-order valence-corrected chi connectivity index (χ0v) is 23.0. The summed E-state index contributed by atoms with van der Waals surface area (Å²) in [5.41, 5.74) is 1.47. The summed E-state index contributed by atoms with van der Waals surface area (Å²) in [7, 11) is -3.95. The predicted octanol–water partition coefficient (Wildman–Crippen LogP) is 4.14. The van der Waals surface area contributed by atoms with Gasteiger partial charge in [-0.05, 0) is 53.4 Å². The number of amides is 2. The Morgan fingerprint density at radius 2 is 1.41 bits per heavy atom. The molecule has 0 aromatic heterocycles. The number of halogens is 2. The van der Waals surface area contributed by atoms with Gasteiger partial charge >= 0.3 is 0 Å². The molecule has 7 nitrogen and oxygen atoms in total. The Morgan fingerprint density at radius 3 is 1.95 bits per heavy atom. The number of carbonyl (C=O) groups is 2. The van der Waals surface area contributed by atoms with Crippen molar-refractivity contribution in [2.45, 2.75) is 32.9 Å². The number of sulfonamides is 1. The summed E-state index contributed by atoms with van der Waals surface area (Å²) in [6.07, 6.45) is 1.12. The van der Waals surface area contributed by atoms with Crippen LogP contribution in [0.2, 0.25) is 0 Å². The molecule has 0 aliphatic heterocycles. The summed E-state index contributed by atoms with van der Waals surface area (Å²) >= 11 is 0. The number of benzene rings is 3. The summed E-state index contributed by atoms with van der Waals surface area (Å²) in [4.78, 5) is 28.7. The molecule has 1 atom stereocenters. The van der Waals surface area contributed by atoms with Crippen molar-refractivity contribution < 1.29 is 26.8 Å². The maximum absolute atomic E-state index is 13.9. The predicted molar refractivity (Wildman–Crippen MR) is 147 cm³/mol. The molecule has 3 aromatic rings. The molecule has 10 heteroatoms. The van der Waals surface area contributed by atoms with Crippen molar-refractivity contribution in [1.29, 1.82) is 0 Å². The lowest BCUT2D eigenvalue weighted by atomic mass is 10.0. The summed E-state index contributed by atoms with van der Waals surface area (Å²) in [5.74, 6) is -1.88. The van der Waals surface area contributed by atoms with Crippen LogP contribution < -0.4 is 9.62 Å². The third-order valence-electron chi connectivity index (χ3n) is 6.02. The van der Waals surface area contributed by atoms with E-state index in [1.807, 2.05) is 44.2 Å². The van der Waals surface area contributed by atoms with E-state index in [1.54, 1.807) is 0 Å². The molecule has 3 aromatic carbocycles. The summed E-state index contributed by atoms with van der Waals surface area (Å²) in [5, 5.41) is 2.89. The first kappa shape index (κ1) is 29.8. The Morgan fingerprint density at radius 1 is 0.846 bits per heavy atom. The summed E-state index contributed by atoms with van der Waals surface area (Å²) < 4.78 is 53.4. The molecule has 0 fully saturated rings. The monoisotopic (exact) mass is 557 g/mol. The fraction of sp³-hybridized carbons (Fsp3) is 0.310. The fourth-order valence-electron chi connectivity index (χ4n) is 3.98. The van der Waals surface area contributed by atoms with Crippen molar-refractivity contribution in [3.63, 3.8) is 0 Å². The first-order valence-electron chi connectivity index (χ1n) is 12.5. The van der Waals surface area contributed by atoms with Crippen molar-refractivity contribution in [3.05, 3.63) is 102 Å². The lowest BCUT2D eigenvalue weighted by molar-refractivity contribution is -0.140. The smallest absolute Gasteiger partial charge is 0.244 e. The topological polar surface area (TPSA) is 86.8 Å². The molecule has 3 rings (SSSR count). The van der Waals surface area contributed by atoms with Crippen LogP contribution in [-0.4, -0.2) is 50.5 Å². The van der Waals surface area contributed by atoms with E-state index in [-0.39, 0.29) is 24.6 Å². The van der Waals surface area contributed by atoms with Gasteiger partial charge < -0.3 is 10.2 Å².